The molecular formula is C28H27FN2O5. The molecule has 1 heterocycles. The zero-order chi connectivity index (χ0) is 25.9. The largest absolute Gasteiger partial charge is 0.497 e. The van der Waals surface area contributed by atoms with Crippen molar-refractivity contribution in [1.82, 2.24) is 10.2 Å². The number of carbonyl (C=O) groups excluding carboxylic acids is 3. The number of cyclic esters (lactones) is 1. The summed E-state index contributed by atoms with van der Waals surface area (Å²) in [7, 11) is 1.55. The Labute approximate surface area is 208 Å². The van der Waals surface area contributed by atoms with Crippen LogP contribution in [0.1, 0.15) is 35.2 Å². The number of nitrogens with zero attached hydrogens (tertiary/aromatic N) is 1. The lowest BCUT2D eigenvalue weighted by molar-refractivity contribution is -0.150. The molecule has 3 amide bonds. The summed E-state index contributed by atoms with van der Waals surface area (Å²) in [5, 5.41) is 2.75. The number of aryl methyl sites for hydroxylation is 1. The Kier molecular flexibility index (Phi) is 7.05. The van der Waals surface area contributed by atoms with Crippen LogP contribution in [0.5, 0.6) is 5.75 Å². The molecule has 3 aromatic carbocycles. The molecule has 1 fully saturated rings. The first-order valence-corrected chi connectivity index (χ1v) is 11.5. The van der Waals surface area contributed by atoms with Crippen molar-refractivity contribution >= 4 is 17.9 Å². The van der Waals surface area contributed by atoms with Crippen LogP contribution >= 0.6 is 0 Å². The van der Waals surface area contributed by atoms with Crippen LogP contribution in [0, 0.1) is 12.7 Å². The van der Waals surface area contributed by atoms with Crippen molar-refractivity contribution in [1.29, 1.82) is 0 Å². The van der Waals surface area contributed by atoms with Crippen molar-refractivity contribution in [3.63, 3.8) is 0 Å². The van der Waals surface area contributed by atoms with Crippen LogP contribution in [-0.4, -0.2) is 35.5 Å². The van der Waals surface area contributed by atoms with Crippen molar-refractivity contribution < 1.29 is 28.2 Å². The van der Waals surface area contributed by atoms with Gasteiger partial charge in [0.25, 0.3) is 17.4 Å². The Hall–Kier alpha value is -4.20. The van der Waals surface area contributed by atoms with Crippen LogP contribution in [0.15, 0.2) is 72.8 Å². The third-order valence-electron chi connectivity index (χ3n) is 6.22. The quantitative estimate of drug-likeness (QED) is 0.471. The van der Waals surface area contributed by atoms with E-state index in [-0.39, 0.29) is 13.0 Å². The lowest BCUT2D eigenvalue weighted by atomic mass is 9.91. The molecule has 1 aliphatic heterocycles. The van der Waals surface area contributed by atoms with E-state index >= 15 is 0 Å². The molecule has 8 heteroatoms. The predicted octanol–water partition coefficient (Wildman–Crippen LogP) is 4.48. The molecule has 0 aromatic heterocycles. The van der Waals surface area contributed by atoms with Gasteiger partial charge in [-0.1, -0.05) is 48.5 Å². The minimum atomic E-state index is -2.13. The number of amides is 3. The van der Waals surface area contributed by atoms with Crippen molar-refractivity contribution in [2.45, 2.75) is 38.5 Å². The monoisotopic (exact) mass is 490 g/mol. The number of ether oxygens (including phenoxy) is 2. The molecule has 0 aliphatic carbocycles. The Bertz CT molecular complexity index is 1280. The smallest absolute Gasteiger partial charge is 0.418 e. The van der Waals surface area contributed by atoms with E-state index in [2.05, 4.69) is 5.32 Å². The first-order valence-electron chi connectivity index (χ1n) is 11.5. The molecule has 7 nitrogen and oxygen atoms in total. The standard InChI is InChI=1S/C28H27FN2O5/c1-18-13-21(15-24(14-18)35-3)17-30-25(32)28(16-20-9-11-23(29)12-10-20)26(33)31(27(34)36-28)19(2)22-7-5-4-6-8-22/h4-15,19H,16-17H2,1-3H3,(H,30,32)/t19-,28-/m1/s1. The highest BCUT2D eigenvalue weighted by atomic mass is 19.1. The van der Waals surface area contributed by atoms with E-state index in [0.29, 0.717) is 16.9 Å². The minimum Gasteiger partial charge on any atom is -0.497 e. The summed E-state index contributed by atoms with van der Waals surface area (Å²) in [5.41, 5.74) is 0.743. The minimum absolute atomic E-state index is 0.0844. The van der Waals surface area contributed by atoms with Crippen LogP contribution < -0.4 is 10.1 Å². The molecule has 0 spiro atoms. The highest BCUT2D eigenvalue weighted by Gasteiger charge is 2.60. The molecule has 2 atom stereocenters. The van der Waals surface area contributed by atoms with E-state index < -0.39 is 35.4 Å². The van der Waals surface area contributed by atoms with Crippen molar-refractivity contribution in [3.8, 4) is 5.75 Å². The molecule has 0 radical (unpaired) electrons. The van der Waals surface area contributed by atoms with Crippen LogP contribution in [0.2, 0.25) is 0 Å². The molecule has 1 N–H and O–H groups in total. The lowest BCUT2D eigenvalue weighted by Gasteiger charge is -2.26. The average Bonchev–Trinajstić information content (AvgIpc) is 3.13. The molecule has 1 saturated heterocycles. The zero-order valence-corrected chi connectivity index (χ0v) is 20.3. The predicted molar refractivity (Wildman–Crippen MR) is 131 cm³/mol. The summed E-state index contributed by atoms with van der Waals surface area (Å²) >= 11 is 0. The average molecular weight is 491 g/mol. The van der Waals surface area contributed by atoms with Crippen LogP contribution in [-0.2, 0) is 27.3 Å². The second-order valence-corrected chi connectivity index (χ2v) is 8.80. The number of nitrogens with one attached hydrogen (secondary N) is 1. The number of hydrogen-bond donors (Lipinski definition) is 1. The van der Waals surface area contributed by atoms with E-state index in [9.17, 15) is 18.8 Å². The van der Waals surface area contributed by atoms with Gasteiger partial charge in [-0.05, 0) is 60.4 Å². The first-order chi connectivity index (χ1) is 17.2. The van der Waals surface area contributed by atoms with Gasteiger partial charge in [-0.15, -0.1) is 0 Å². The Balaban J connectivity index is 1.65. The van der Waals surface area contributed by atoms with Gasteiger partial charge in [-0.25, -0.2) is 14.1 Å². The van der Waals surface area contributed by atoms with Gasteiger partial charge in [0.2, 0.25) is 0 Å². The Morgan fingerprint density at radius 2 is 1.75 bits per heavy atom. The van der Waals surface area contributed by atoms with Gasteiger partial charge < -0.3 is 14.8 Å². The van der Waals surface area contributed by atoms with Gasteiger partial charge in [0.1, 0.15) is 11.6 Å². The second kappa shape index (κ2) is 10.2. The van der Waals surface area contributed by atoms with E-state index in [0.717, 1.165) is 16.0 Å². The summed E-state index contributed by atoms with van der Waals surface area (Å²) in [6, 6.07) is 19.2. The maximum Gasteiger partial charge on any atom is 0.418 e. The zero-order valence-electron chi connectivity index (χ0n) is 20.3. The van der Waals surface area contributed by atoms with Gasteiger partial charge in [-0.3, -0.25) is 9.59 Å². The van der Waals surface area contributed by atoms with Crippen molar-refractivity contribution in [2.75, 3.05) is 7.11 Å². The van der Waals surface area contributed by atoms with E-state index in [4.69, 9.17) is 9.47 Å². The lowest BCUT2D eigenvalue weighted by Crippen LogP contribution is -2.55. The van der Waals surface area contributed by atoms with E-state index in [1.807, 2.05) is 25.1 Å². The highest BCUT2D eigenvalue weighted by molar-refractivity contribution is 6.17. The normalized spacial score (nSPS) is 18.1. The Morgan fingerprint density at radius 1 is 1.06 bits per heavy atom. The summed E-state index contributed by atoms with van der Waals surface area (Å²) in [5.74, 6) is -1.35. The summed E-state index contributed by atoms with van der Waals surface area (Å²) < 4.78 is 24.4. The summed E-state index contributed by atoms with van der Waals surface area (Å²) in [6.07, 6.45) is -1.15. The van der Waals surface area contributed by atoms with Gasteiger partial charge >= 0.3 is 6.09 Å². The summed E-state index contributed by atoms with van der Waals surface area (Å²) in [6.45, 7) is 3.68. The number of halogens is 1. The van der Waals surface area contributed by atoms with Crippen LogP contribution in [0.25, 0.3) is 0 Å². The van der Waals surface area contributed by atoms with Crippen LogP contribution in [0.3, 0.4) is 0 Å². The number of hydrogen-bond acceptors (Lipinski definition) is 5. The molecule has 0 unspecified atom stereocenters. The third kappa shape index (κ3) is 4.93. The van der Waals surface area contributed by atoms with Crippen molar-refractivity contribution in [3.05, 3.63) is 101 Å². The fraction of sp³-hybridized carbons (Fsp3) is 0.250. The van der Waals surface area contributed by atoms with E-state index in [1.54, 1.807) is 44.4 Å². The number of methoxy groups -OCH3 is 1. The molecule has 1 aliphatic rings. The second-order valence-electron chi connectivity index (χ2n) is 8.80. The highest BCUT2D eigenvalue weighted by Crippen LogP contribution is 2.35. The topological polar surface area (TPSA) is 84.9 Å². The SMILES string of the molecule is COc1cc(C)cc(CNC(=O)[C@@]2(Cc3ccc(F)cc3)OC(=O)N([C@H](C)c3ccccc3)C2=O)c1. The van der Waals surface area contributed by atoms with Gasteiger partial charge in [0.15, 0.2) is 0 Å². The maximum absolute atomic E-state index is 13.8. The molecule has 36 heavy (non-hydrogen) atoms. The van der Waals surface area contributed by atoms with Crippen molar-refractivity contribution in [2.24, 2.45) is 0 Å². The molecule has 3 aromatic rings. The molecule has 186 valence electrons. The van der Waals surface area contributed by atoms with E-state index in [1.165, 1.54) is 24.3 Å². The molecule has 0 bridgehead atoms. The Morgan fingerprint density at radius 3 is 2.42 bits per heavy atom. The number of benzene rings is 3. The summed E-state index contributed by atoms with van der Waals surface area (Å²) in [4.78, 5) is 41.3. The van der Waals surface area contributed by atoms with Gasteiger partial charge in [0.05, 0.1) is 13.2 Å². The third-order valence-corrected chi connectivity index (χ3v) is 6.22. The molecule has 4 rings (SSSR count). The number of imide groups is 1. The molecule has 0 saturated carbocycles. The fourth-order valence-electron chi connectivity index (χ4n) is 4.33. The first kappa shape index (κ1) is 24.9. The maximum atomic E-state index is 13.8. The fourth-order valence-corrected chi connectivity index (χ4v) is 4.33. The van der Waals surface area contributed by atoms with Crippen LogP contribution in [0.4, 0.5) is 9.18 Å². The van der Waals surface area contributed by atoms with Gasteiger partial charge in [0, 0.05) is 13.0 Å². The molecular weight excluding hydrogens is 463 g/mol. The van der Waals surface area contributed by atoms with Gasteiger partial charge in [-0.2, -0.15) is 0 Å². The number of carbonyl (C=O) groups is 3. The number of rotatable bonds is 8.